The van der Waals surface area contributed by atoms with Gasteiger partial charge in [-0.2, -0.15) is 4.98 Å². The summed E-state index contributed by atoms with van der Waals surface area (Å²) in [7, 11) is 0. The summed E-state index contributed by atoms with van der Waals surface area (Å²) in [6.07, 6.45) is 0.732. The van der Waals surface area contributed by atoms with E-state index in [1.165, 1.54) is 5.56 Å². The van der Waals surface area contributed by atoms with Gasteiger partial charge < -0.3 is 30.0 Å². The first-order valence-corrected chi connectivity index (χ1v) is 15.0. The van der Waals surface area contributed by atoms with Gasteiger partial charge in [-0.3, -0.25) is 9.69 Å². The zero-order chi connectivity index (χ0) is 30.5. The summed E-state index contributed by atoms with van der Waals surface area (Å²) in [5.41, 5.74) is 4.31. The lowest BCUT2D eigenvalue weighted by atomic mass is 10.1. The number of fused-ring (bicyclic) bond motifs is 1. The maximum atomic E-state index is 13.0. The molecule has 11 nitrogen and oxygen atoms in total. The fourth-order valence-corrected chi connectivity index (χ4v) is 5.51. The Balaban J connectivity index is 1.11. The molecule has 0 radical (unpaired) electrons. The molecule has 2 aromatic carbocycles. The Morgan fingerprint density at radius 3 is 2.66 bits per heavy atom. The van der Waals surface area contributed by atoms with E-state index in [1.54, 1.807) is 36.5 Å². The molecule has 44 heavy (non-hydrogen) atoms. The van der Waals surface area contributed by atoms with Gasteiger partial charge in [-0.25, -0.2) is 9.97 Å². The summed E-state index contributed by atoms with van der Waals surface area (Å²) in [6.45, 7) is 7.62. The predicted molar refractivity (Wildman–Crippen MR) is 172 cm³/mol. The van der Waals surface area contributed by atoms with Gasteiger partial charge in [0, 0.05) is 50.5 Å². The maximum absolute atomic E-state index is 13.0. The monoisotopic (exact) mass is 614 g/mol. The number of hydrogen-bond acceptors (Lipinski definition) is 9. The van der Waals surface area contributed by atoms with E-state index < -0.39 is 6.10 Å². The van der Waals surface area contributed by atoms with E-state index >= 15 is 0 Å². The number of anilines is 2. The van der Waals surface area contributed by atoms with Crippen LogP contribution in [0.1, 0.15) is 22.9 Å². The van der Waals surface area contributed by atoms with Crippen LogP contribution in [0, 0.1) is 6.92 Å². The molecule has 0 amide bonds. The molecule has 0 saturated carbocycles. The number of pyridine rings is 1. The predicted octanol–water partition coefficient (Wildman–Crippen LogP) is 4.15. The fraction of sp³-hybridized carbons (Fsp3) is 0.312. The molecule has 12 heteroatoms. The van der Waals surface area contributed by atoms with Crippen molar-refractivity contribution >= 4 is 34.4 Å². The van der Waals surface area contributed by atoms with Gasteiger partial charge in [0.25, 0.3) is 5.56 Å². The van der Waals surface area contributed by atoms with Crippen LogP contribution in [-0.2, 0) is 11.3 Å². The van der Waals surface area contributed by atoms with Crippen LogP contribution in [0.25, 0.3) is 22.6 Å². The quantitative estimate of drug-likeness (QED) is 0.162. The summed E-state index contributed by atoms with van der Waals surface area (Å²) >= 11 is 6.08. The van der Waals surface area contributed by atoms with Gasteiger partial charge in [0.1, 0.15) is 16.9 Å². The van der Waals surface area contributed by atoms with Crippen LogP contribution in [-0.4, -0.2) is 80.8 Å². The van der Waals surface area contributed by atoms with Gasteiger partial charge in [0.05, 0.1) is 30.7 Å². The number of aliphatic hydroxyl groups is 1. The van der Waals surface area contributed by atoms with Crippen molar-refractivity contribution in [2.45, 2.75) is 19.6 Å². The second kappa shape index (κ2) is 13.6. The Kier molecular flexibility index (Phi) is 9.17. The van der Waals surface area contributed by atoms with Gasteiger partial charge in [-0.15, -0.1) is 0 Å². The van der Waals surface area contributed by atoms with Crippen LogP contribution in [0.3, 0.4) is 0 Å². The SMILES string of the molecule is Cc1nc(N2CCN(CCOCc3ccccc3)CC2)nc2nc(-c3c(NC[C@@H](O)c4cccc(Cl)c4)cc[nH]c3=O)[nH]c12. The number of aryl methyl sites for hydroxylation is 1. The fourth-order valence-electron chi connectivity index (χ4n) is 5.31. The molecule has 1 aliphatic rings. The van der Waals surface area contributed by atoms with E-state index in [9.17, 15) is 9.90 Å². The number of halogens is 1. The molecule has 1 atom stereocenters. The van der Waals surface area contributed by atoms with Crippen LogP contribution < -0.4 is 15.8 Å². The Hall–Kier alpha value is -4.29. The zero-order valence-corrected chi connectivity index (χ0v) is 25.2. The number of H-pyrrole nitrogens is 2. The summed E-state index contributed by atoms with van der Waals surface area (Å²) < 4.78 is 5.87. The summed E-state index contributed by atoms with van der Waals surface area (Å²) in [6, 6.07) is 19.0. The molecule has 6 rings (SSSR count). The first-order valence-electron chi connectivity index (χ1n) is 14.7. The number of imidazole rings is 1. The third kappa shape index (κ3) is 6.92. The molecule has 0 bridgehead atoms. The van der Waals surface area contributed by atoms with Gasteiger partial charge in [0.2, 0.25) is 5.95 Å². The van der Waals surface area contributed by atoms with Crippen LogP contribution in [0.2, 0.25) is 5.02 Å². The van der Waals surface area contributed by atoms with E-state index in [2.05, 4.69) is 37.2 Å². The number of rotatable bonds is 11. The largest absolute Gasteiger partial charge is 0.387 e. The maximum Gasteiger partial charge on any atom is 0.261 e. The van der Waals surface area contributed by atoms with E-state index in [-0.39, 0.29) is 12.1 Å². The van der Waals surface area contributed by atoms with Crippen molar-refractivity contribution in [1.82, 2.24) is 29.8 Å². The van der Waals surface area contributed by atoms with Crippen molar-refractivity contribution in [2.24, 2.45) is 0 Å². The van der Waals surface area contributed by atoms with Crippen LogP contribution in [0.15, 0.2) is 71.7 Å². The molecule has 0 spiro atoms. The topological polar surface area (TPSA) is 135 Å². The number of aliphatic hydroxyl groups excluding tert-OH is 1. The number of aromatic nitrogens is 5. The van der Waals surface area contributed by atoms with E-state index in [1.807, 2.05) is 25.1 Å². The summed E-state index contributed by atoms with van der Waals surface area (Å²) in [5, 5.41) is 14.4. The molecule has 4 heterocycles. The lowest BCUT2D eigenvalue weighted by molar-refractivity contribution is 0.0906. The second-order valence-electron chi connectivity index (χ2n) is 10.8. The number of nitrogens with zero attached hydrogens (tertiary/aromatic N) is 5. The van der Waals surface area contributed by atoms with Gasteiger partial charge in [-0.05, 0) is 36.2 Å². The summed E-state index contributed by atoms with van der Waals surface area (Å²) in [5.74, 6) is 0.995. The Labute approximate surface area is 259 Å². The average Bonchev–Trinajstić information content (AvgIpc) is 3.47. The smallest absolute Gasteiger partial charge is 0.261 e. The van der Waals surface area contributed by atoms with Crippen molar-refractivity contribution in [3.8, 4) is 11.4 Å². The normalized spacial score (nSPS) is 14.7. The molecule has 1 saturated heterocycles. The molecule has 1 aliphatic heterocycles. The van der Waals surface area contributed by atoms with Crippen LogP contribution >= 0.6 is 11.6 Å². The standard InChI is InChI=1S/C32H35ClN8O3/c1-21-28-30(39-32(36-21)41-14-12-40(13-15-41)16-17-44-20-22-6-3-2-4-7-22)38-29(37-28)27-25(10-11-34-31(27)43)35-19-26(42)23-8-5-9-24(33)18-23/h2-11,18,26,42H,12-17,19-20H2,1H3,(H2,34,35,43)(H,36,37,38,39)/t26-/m1/s1. The number of ether oxygens (including phenoxy) is 1. The molecular formula is C32H35ClN8O3. The van der Waals surface area contributed by atoms with Crippen molar-refractivity contribution in [1.29, 1.82) is 0 Å². The molecular weight excluding hydrogens is 580 g/mol. The van der Waals surface area contributed by atoms with Crippen molar-refractivity contribution < 1.29 is 9.84 Å². The molecule has 5 aromatic rings. The number of nitrogens with one attached hydrogen (secondary N) is 3. The Morgan fingerprint density at radius 2 is 1.86 bits per heavy atom. The minimum absolute atomic E-state index is 0.172. The number of benzene rings is 2. The second-order valence-corrected chi connectivity index (χ2v) is 11.2. The highest BCUT2D eigenvalue weighted by molar-refractivity contribution is 6.30. The molecule has 1 fully saturated rings. The first kappa shape index (κ1) is 29.8. The van der Waals surface area contributed by atoms with Crippen molar-refractivity contribution in [2.75, 3.05) is 56.1 Å². The summed E-state index contributed by atoms with van der Waals surface area (Å²) in [4.78, 5) is 37.7. The minimum atomic E-state index is -0.825. The first-order chi connectivity index (χ1) is 21.4. The molecule has 228 valence electrons. The van der Waals surface area contributed by atoms with Crippen molar-refractivity contribution in [3.05, 3.63) is 99.1 Å². The Morgan fingerprint density at radius 1 is 1.05 bits per heavy atom. The van der Waals surface area contributed by atoms with E-state index in [4.69, 9.17) is 31.3 Å². The van der Waals surface area contributed by atoms with Gasteiger partial charge in [-0.1, -0.05) is 54.1 Å². The molecule has 3 aromatic heterocycles. The highest BCUT2D eigenvalue weighted by atomic mass is 35.5. The molecule has 0 aliphatic carbocycles. The Bertz CT molecular complexity index is 1770. The highest BCUT2D eigenvalue weighted by Crippen LogP contribution is 2.27. The molecule has 0 unspecified atom stereocenters. The zero-order valence-electron chi connectivity index (χ0n) is 24.5. The minimum Gasteiger partial charge on any atom is -0.387 e. The highest BCUT2D eigenvalue weighted by Gasteiger charge is 2.22. The van der Waals surface area contributed by atoms with E-state index in [0.717, 1.165) is 38.4 Å². The lowest BCUT2D eigenvalue weighted by Gasteiger charge is -2.34. The average molecular weight is 615 g/mol. The third-order valence-corrected chi connectivity index (χ3v) is 7.99. The van der Waals surface area contributed by atoms with Gasteiger partial charge >= 0.3 is 0 Å². The van der Waals surface area contributed by atoms with Crippen molar-refractivity contribution in [3.63, 3.8) is 0 Å². The van der Waals surface area contributed by atoms with Crippen LogP contribution in [0.5, 0.6) is 0 Å². The number of hydrogen-bond donors (Lipinski definition) is 4. The van der Waals surface area contributed by atoms with Gasteiger partial charge in [0.15, 0.2) is 5.65 Å². The third-order valence-electron chi connectivity index (χ3n) is 7.76. The van der Waals surface area contributed by atoms with Crippen LogP contribution in [0.4, 0.5) is 11.6 Å². The number of aromatic amines is 2. The number of piperazine rings is 1. The lowest BCUT2D eigenvalue weighted by Crippen LogP contribution is -2.48. The van der Waals surface area contributed by atoms with E-state index in [0.29, 0.717) is 58.0 Å². The molecule has 4 N–H and O–H groups in total.